The van der Waals surface area contributed by atoms with Gasteiger partial charge in [-0.3, -0.25) is 9.59 Å². The van der Waals surface area contributed by atoms with Crippen LogP contribution in [0, 0.1) is 11.3 Å². The minimum absolute atomic E-state index is 0.0829. The lowest BCUT2D eigenvalue weighted by molar-refractivity contribution is -0.132. The molecule has 0 aliphatic heterocycles. The number of nitrogens with zero attached hydrogens (tertiary/aromatic N) is 2. The molecule has 0 radical (unpaired) electrons. The van der Waals surface area contributed by atoms with Gasteiger partial charge >= 0.3 is 5.97 Å². The number of carbonyl (C=O) groups is 3. The van der Waals surface area contributed by atoms with Gasteiger partial charge in [0, 0.05) is 62.4 Å². The Morgan fingerprint density at radius 1 is 0.559 bits per heavy atom. The van der Waals surface area contributed by atoms with Crippen molar-refractivity contribution in [2.75, 3.05) is 0 Å². The van der Waals surface area contributed by atoms with E-state index in [1.807, 2.05) is 53.1 Å². The van der Waals surface area contributed by atoms with Crippen LogP contribution in [0.4, 0.5) is 0 Å². The molecule has 8 nitrogen and oxygen atoms in total. The summed E-state index contributed by atoms with van der Waals surface area (Å²) in [6.45, 7) is 26.0. The highest BCUT2D eigenvalue weighted by Crippen LogP contribution is 2.45. The number of aliphatic carboxylic acids is 1. The Balaban J connectivity index is 1.26. The summed E-state index contributed by atoms with van der Waals surface area (Å²) in [7, 11) is 0. The molecular formula is C58H56N2O6S2+2. The highest BCUT2D eigenvalue weighted by Gasteiger charge is 2.39. The van der Waals surface area contributed by atoms with Gasteiger partial charge in [0.05, 0.1) is 33.3 Å². The molecule has 3 N–H and O–H groups in total. The number of allylic oxidation sites excluding steroid dienone is 4. The number of fused-ring (bicyclic) bond motifs is 3. The van der Waals surface area contributed by atoms with Gasteiger partial charge in [0.2, 0.25) is 53.7 Å². The van der Waals surface area contributed by atoms with Gasteiger partial charge in [0.15, 0.2) is 0 Å². The first kappa shape index (κ1) is 47.7. The number of Topliss-reactive ketones (excluding diaryl/α,β-unsaturated/α-hetero) is 2. The van der Waals surface area contributed by atoms with Crippen LogP contribution in [0.25, 0.3) is 56.9 Å². The molecule has 0 bridgehead atoms. The van der Waals surface area contributed by atoms with Crippen molar-refractivity contribution >= 4 is 91.4 Å². The van der Waals surface area contributed by atoms with Crippen molar-refractivity contribution in [3.05, 3.63) is 160 Å². The molecule has 10 heteroatoms. The van der Waals surface area contributed by atoms with Crippen LogP contribution in [0.3, 0.4) is 0 Å². The predicted octanol–water partition coefficient (Wildman–Crippen LogP) is 14.5. The monoisotopic (exact) mass is 940 g/mol. The topological polar surface area (TPSA) is 141 Å². The Labute approximate surface area is 405 Å². The lowest BCUT2D eigenvalue weighted by atomic mass is 9.81. The van der Waals surface area contributed by atoms with E-state index in [1.54, 1.807) is 53.0 Å². The lowest BCUT2D eigenvalue weighted by Crippen LogP contribution is -2.21. The van der Waals surface area contributed by atoms with E-state index >= 15 is 0 Å². The highest BCUT2D eigenvalue weighted by atomic mass is 32.1. The third kappa shape index (κ3) is 8.77. The molecule has 0 atom stereocenters. The number of carbonyl (C=O) groups excluding carboxylic acids is 2. The molecule has 0 amide bonds. The van der Waals surface area contributed by atoms with Crippen molar-refractivity contribution in [1.29, 1.82) is 5.26 Å². The highest BCUT2D eigenvalue weighted by molar-refractivity contribution is 7.12. The molecule has 68 heavy (non-hydrogen) atoms. The molecule has 0 saturated carbocycles. The summed E-state index contributed by atoms with van der Waals surface area (Å²) in [6, 6.07) is 28.3. The summed E-state index contributed by atoms with van der Waals surface area (Å²) < 4.78 is 2.02. The summed E-state index contributed by atoms with van der Waals surface area (Å²) in [5, 5.41) is 43.5. The summed E-state index contributed by atoms with van der Waals surface area (Å²) in [5.74, 6) is -2.02. The molecule has 3 aromatic carbocycles. The smallest absolute Gasteiger partial charge is 0.346 e. The predicted molar refractivity (Wildman–Crippen MR) is 279 cm³/mol. The minimum atomic E-state index is -1.32. The van der Waals surface area contributed by atoms with E-state index in [0.29, 0.717) is 16.7 Å². The summed E-state index contributed by atoms with van der Waals surface area (Å²) in [4.78, 5) is 44.4. The van der Waals surface area contributed by atoms with Crippen molar-refractivity contribution < 1.29 is 29.7 Å². The Bertz CT molecular complexity index is 3150. The quantitative estimate of drug-likeness (QED) is 0.0822. The standard InChI is InChI=1S/C58H54N2O6S2/c1-55(2,3)44-24-32(25-45(67-44)56(4,5)6)22-40-50(61)48(51(40)62)34-15-19-42-38(28-34)39-29-35(16-20-43(39)60(42)37-17-13-31(14-18-37)21-36(30-59)54(65)66)49-52(63)41(53(49)64)23-33-26-46(57(7,8)9)68-47(27-33)58(10,11)12/h13-29H,1-12H3,(H-2,61,62,63,64,65,66)/p+2/b36-21-. The number of carboxylic acids is 1. The number of nitriles is 1. The fraction of sp³-hybridized carbons (Fsp3) is 0.276. The normalized spacial score (nSPS) is 16.2. The fourth-order valence-electron chi connectivity index (χ4n) is 8.31. The second-order valence-electron chi connectivity index (χ2n) is 21.8. The Kier molecular flexibility index (Phi) is 11.8. The molecule has 3 aromatic heterocycles. The van der Waals surface area contributed by atoms with Gasteiger partial charge in [-0.1, -0.05) is 107 Å². The number of hydrogen-bond donors (Lipinski definition) is 3. The number of ketones is 2. The largest absolute Gasteiger partial charge is 0.506 e. The van der Waals surface area contributed by atoms with Crippen LogP contribution in [0.1, 0.15) is 130 Å². The average Bonchev–Trinajstić information content (AvgIpc) is 3.58. The van der Waals surface area contributed by atoms with Crippen LogP contribution < -0.4 is 0 Å². The molecule has 0 spiro atoms. The second kappa shape index (κ2) is 16.8. The van der Waals surface area contributed by atoms with E-state index in [1.165, 1.54) is 25.6 Å². The zero-order chi connectivity index (χ0) is 49.6. The zero-order valence-electron chi connectivity index (χ0n) is 40.6. The SMILES string of the molecule is CC(C)(C)c1cc(/C=C2/C(=O)C(c3ccc4c(c3)c3cc(C5=C(O)/C(=C\c6cc(C(C)(C)C)[s+]c(C(C)(C)C)c6)C5=O)ccc3n4-c3ccc(/C=C(/C#N)C(=O)O)cc3)=C2O)cc(C(C)(C)C)[s+]1. The number of rotatable bonds is 7. The maximum absolute atomic E-state index is 14.1. The third-order valence-corrected chi connectivity index (χ3v) is 16.1. The van der Waals surface area contributed by atoms with E-state index in [-0.39, 0.29) is 72.6 Å². The van der Waals surface area contributed by atoms with Gasteiger partial charge in [0.1, 0.15) is 23.2 Å². The van der Waals surface area contributed by atoms with Gasteiger partial charge in [-0.2, -0.15) is 5.26 Å². The molecule has 2 aliphatic rings. The third-order valence-electron chi connectivity index (χ3n) is 12.3. The maximum atomic E-state index is 14.1. The van der Waals surface area contributed by atoms with Crippen LogP contribution >= 0.6 is 22.7 Å². The van der Waals surface area contributed by atoms with Crippen LogP contribution in [0.5, 0.6) is 0 Å². The van der Waals surface area contributed by atoms with Gasteiger partial charge in [0.25, 0.3) is 0 Å². The Morgan fingerprint density at radius 3 is 1.24 bits per heavy atom. The van der Waals surface area contributed by atoms with Crippen LogP contribution in [0.15, 0.2) is 113 Å². The van der Waals surface area contributed by atoms with Crippen molar-refractivity contribution in [2.45, 2.75) is 105 Å². The van der Waals surface area contributed by atoms with Crippen LogP contribution in [0.2, 0.25) is 0 Å². The van der Waals surface area contributed by atoms with Crippen molar-refractivity contribution in [3.8, 4) is 11.8 Å². The van der Waals surface area contributed by atoms with E-state index < -0.39 is 5.97 Å². The summed E-state index contributed by atoms with van der Waals surface area (Å²) in [6.07, 6.45) is 4.85. The van der Waals surface area contributed by atoms with Crippen LogP contribution in [-0.4, -0.2) is 37.4 Å². The number of aliphatic hydroxyl groups excluding tert-OH is 2. The first-order valence-electron chi connectivity index (χ1n) is 22.6. The molecule has 0 unspecified atom stereocenters. The van der Waals surface area contributed by atoms with Crippen molar-refractivity contribution in [3.63, 3.8) is 0 Å². The fourth-order valence-corrected chi connectivity index (χ4v) is 10.8. The molecule has 0 saturated heterocycles. The van der Waals surface area contributed by atoms with E-state index in [9.17, 15) is 35.0 Å². The molecule has 344 valence electrons. The van der Waals surface area contributed by atoms with Gasteiger partial charge < -0.3 is 19.9 Å². The summed E-state index contributed by atoms with van der Waals surface area (Å²) >= 11 is 3.51. The number of hydrogen-bond acceptors (Lipinski definition) is 6. The first-order valence-corrected chi connectivity index (χ1v) is 24.2. The number of carboxylic acid groups (broad SMARTS) is 1. The Hall–Kier alpha value is -6.80. The Morgan fingerprint density at radius 2 is 0.926 bits per heavy atom. The molecule has 3 heterocycles. The zero-order valence-corrected chi connectivity index (χ0v) is 42.2. The second-order valence-corrected chi connectivity index (χ2v) is 24.0. The number of benzene rings is 3. The van der Waals surface area contributed by atoms with Crippen LogP contribution in [-0.2, 0) is 36.0 Å². The molecular weight excluding hydrogens is 885 g/mol. The molecule has 0 fully saturated rings. The molecule has 2 aliphatic carbocycles. The minimum Gasteiger partial charge on any atom is -0.506 e. The van der Waals surface area contributed by atoms with Crippen molar-refractivity contribution in [1.82, 2.24) is 4.57 Å². The number of aliphatic hydroxyl groups is 2. The maximum Gasteiger partial charge on any atom is 0.346 e. The van der Waals surface area contributed by atoms with E-state index in [0.717, 1.165) is 38.6 Å². The molecule has 6 aromatic rings. The van der Waals surface area contributed by atoms with E-state index in [4.69, 9.17) is 0 Å². The summed E-state index contributed by atoms with van der Waals surface area (Å²) in [5.41, 5.74) is 5.60. The lowest BCUT2D eigenvalue weighted by Gasteiger charge is -2.22. The van der Waals surface area contributed by atoms with Crippen molar-refractivity contribution in [2.24, 2.45) is 0 Å². The first-order chi connectivity index (χ1) is 31.6. The van der Waals surface area contributed by atoms with Gasteiger partial charge in [-0.25, -0.2) is 4.79 Å². The average molecular weight is 941 g/mol. The van der Waals surface area contributed by atoms with Gasteiger partial charge in [-0.15, -0.1) is 0 Å². The van der Waals surface area contributed by atoms with Gasteiger partial charge in [-0.05, 0) is 82.4 Å². The van der Waals surface area contributed by atoms with E-state index in [2.05, 4.69) is 107 Å². The number of aromatic nitrogens is 1. The molecule has 8 rings (SSSR count).